The van der Waals surface area contributed by atoms with E-state index >= 15 is 0 Å². The second-order valence-corrected chi connectivity index (χ2v) is 16.5. The summed E-state index contributed by atoms with van der Waals surface area (Å²) in [4.78, 5) is 4.83. The molecule has 14 rings (SSSR count). The summed E-state index contributed by atoms with van der Waals surface area (Å²) in [6.07, 6.45) is 0. The lowest BCUT2D eigenvalue weighted by Crippen LogP contribution is -2.10. The molecule has 10 aromatic carbocycles. The lowest BCUT2D eigenvalue weighted by atomic mass is 9.97. The third-order valence-corrected chi connectivity index (χ3v) is 13.3. The number of nitrogens with zero attached hydrogens (tertiary/aromatic N) is 4. The highest BCUT2D eigenvalue weighted by molar-refractivity contribution is 6.40. The van der Waals surface area contributed by atoms with E-state index in [-0.39, 0.29) is 0 Å². The zero-order valence-corrected chi connectivity index (χ0v) is 33.6. The second-order valence-electron chi connectivity index (χ2n) is 16.5. The largest absolute Gasteiger partial charge is 0.308 e. The van der Waals surface area contributed by atoms with Crippen LogP contribution in [-0.2, 0) is 0 Å². The van der Waals surface area contributed by atoms with Crippen molar-refractivity contribution in [1.29, 1.82) is 0 Å². The summed E-state index contributed by atoms with van der Waals surface area (Å²) >= 11 is 0. The zero-order chi connectivity index (χ0) is 40.5. The van der Waals surface area contributed by atoms with Crippen LogP contribution in [0, 0.1) is 0 Å². The minimum absolute atomic E-state index is 1.12. The van der Waals surface area contributed by atoms with Crippen molar-refractivity contribution in [1.82, 2.24) is 8.80 Å². The number of hydrogen-bond acceptors (Lipinski definition) is 2. The lowest BCUT2D eigenvalue weighted by Gasteiger charge is -2.26. The predicted molar refractivity (Wildman–Crippen MR) is 263 cm³/mol. The van der Waals surface area contributed by atoms with Gasteiger partial charge in [-0.1, -0.05) is 140 Å². The van der Waals surface area contributed by atoms with Gasteiger partial charge in [-0.2, -0.15) is 0 Å². The number of hydrogen-bond donors (Lipinski definition) is 0. The molecule has 0 saturated carbocycles. The first-order valence-corrected chi connectivity index (χ1v) is 21.4. The number of anilines is 6. The van der Waals surface area contributed by atoms with Gasteiger partial charge in [0.25, 0.3) is 0 Å². The number of rotatable bonds is 6. The van der Waals surface area contributed by atoms with Gasteiger partial charge in [0, 0.05) is 65.8 Å². The third kappa shape index (κ3) is 4.40. The van der Waals surface area contributed by atoms with Gasteiger partial charge in [0.05, 0.1) is 44.5 Å². The quantitative estimate of drug-likeness (QED) is 0.167. The molecule has 0 fully saturated rings. The lowest BCUT2D eigenvalue weighted by molar-refractivity contribution is 1.27. The Hall–Kier alpha value is -8.34. The molecule has 0 aliphatic heterocycles. The molecule has 0 atom stereocenters. The van der Waals surface area contributed by atoms with Crippen molar-refractivity contribution in [2.24, 2.45) is 0 Å². The van der Waals surface area contributed by atoms with Crippen molar-refractivity contribution in [3.05, 3.63) is 218 Å². The Balaban J connectivity index is 1.17. The summed E-state index contributed by atoms with van der Waals surface area (Å²) in [5.74, 6) is 0. The number of fused-ring (bicyclic) bond motifs is 15. The van der Waals surface area contributed by atoms with Crippen LogP contribution in [0.3, 0.4) is 0 Å². The Morgan fingerprint density at radius 1 is 0.258 bits per heavy atom. The van der Waals surface area contributed by atoms with Crippen LogP contribution in [0.4, 0.5) is 34.1 Å². The first-order valence-electron chi connectivity index (χ1n) is 21.4. The molecular formula is C58H36N4. The Kier molecular flexibility index (Phi) is 6.80. The van der Waals surface area contributed by atoms with E-state index in [1.165, 1.54) is 87.0 Å². The maximum absolute atomic E-state index is 2.58. The molecule has 4 aromatic heterocycles. The summed E-state index contributed by atoms with van der Waals surface area (Å²) in [6.45, 7) is 0. The number of para-hydroxylation sites is 7. The molecule has 0 spiro atoms. The van der Waals surface area contributed by atoms with Crippen LogP contribution >= 0.6 is 0 Å². The minimum atomic E-state index is 1.12. The van der Waals surface area contributed by atoms with Gasteiger partial charge >= 0.3 is 0 Å². The molecule has 0 unspecified atom stereocenters. The van der Waals surface area contributed by atoms with Gasteiger partial charge in [-0.3, -0.25) is 0 Å². The molecule has 4 nitrogen and oxygen atoms in total. The smallest absolute Gasteiger partial charge is 0.0782 e. The molecular weight excluding hydrogens is 753 g/mol. The van der Waals surface area contributed by atoms with E-state index < -0.39 is 0 Å². The van der Waals surface area contributed by atoms with Crippen LogP contribution < -0.4 is 9.80 Å². The fourth-order valence-electron chi connectivity index (χ4n) is 10.9. The van der Waals surface area contributed by atoms with Crippen LogP contribution in [0.5, 0.6) is 0 Å². The second kappa shape index (κ2) is 12.6. The Bertz CT molecular complexity index is 3940. The van der Waals surface area contributed by atoms with Crippen LogP contribution in [-0.4, -0.2) is 8.80 Å². The average molecular weight is 789 g/mol. The van der Waals surface area contributed by atoms with Crippen LogP contribution in [0.1, 0.15) is 0 Å². The topological polar surface area (TPSA) is 15.3 Å². The van der Waals surface area contributed by atoms with E-state index in [2.05, 4.69) is 237 Å². The van der Waals surface area contributed by atoms with Gasteiger partial charge < -0.3 is 18.6 Å². The molecule has 0 aliphatic carbocycles. The average Bonchev–Trinajstić information content (AvgIpc) is 4.07. The summed E-state index contributed by atoms with van der Waals surface area (Å²) in [5, 5.41) is 12.7. The van der Waals surface area contributed by atoms with E-state index in [0.29, 0.717) is 0 Å². The van der Waals surface area contributed by atoms with E-state index in [1.54, 1.807) is 0 Å². The first kappa shape index (κ1) is 33.5. The van der Waals surface area contributed by atoms with E-state index in [0.717, 1.165) is 34.1 Å². The fraction of sp³-hybridized carbons (Fsp3) is 0. The SMILES string of the molecule is c1ccc(N(c2ccccc2)c2cccc3c4cccc5c6c7c8c9ccccc9cc9c%10cccc(N(c%11ccccc%11)c%11ccccc%11)c%10n(c7ccc6n(c23)c45)c98)cc1. The van der Waals surface area contributed by atoms with Crippen molar-refractivity contribution < 1.29 is 0 Å². The van der Waals surface area contributed by atoms with Crippen molar-refractivity contribution in [3.8, 4) is 0 Å². The highest BCUT2D eigenvalue weighted by atomic mass is 15.2. The monoisotopic (exact) mass is 788 g/mol. The van der Waals surface area contributed by atoms with E-state index in [4.69, 9.17) is 0 Å². The molecule has 0 saturated heterocycles. The standard InChI is InChI=1S/C58H36N4/c1-5-19-38(20-6-1)59(39-21-7-2-8-22-39)50-32-16-29-44-43-28-15-31-46-52-48(61(55(43)46)56(44)50)34-35-49-54(52)53-42-27-14-13-18-37(42)36-47-45-30-17-33-51(57(45)62(49)58(47)53)60(40-23-9-3-10-24-40)41-25-11-4-12-26-41/h1-36H. The summed E-state index contributed by atoms with van der Waals surface area (Å²) < 4.78 is 5.15. The molecule has 4 heterocycles. The van der Waals surface area contributed by atoms with Gasteiger partial charge in [0.1, 0.15) is 0 Å². The highest BCUT2D eigenvalue weighted by Crippen LogP contribution is 2.52. The summed E-state index contributed by atoms with van der Waals surface area (Å²) in [7, 11) is 0. The molecule has 0 aliphatic rings. The predicted octanol–water partition coefficient (Wildman–Crippen LogP) is 16.1. The van der Waals surface area contributed by atoms with Gasteiger partial charge in [-0.15, -0.1) is 0 Å². The molecule has 0 bridgehead atoms. The molecule has 62 heavy (non-hydrogen) atoms. The number of aromatic nitrogens is 2. The normalized spacial score (nSPS) is 12.2. The maximum atomic E-state index is 2.58. The zero-order valence-electron chi connectivity index (χ0n) is 33.6. The van der Waals surface area contributed by atoms with Gasteiger partial charge in [-0.05, 0) is 89.6 Å². The van der Waals surface area contributed by atoms with Crippen molar-refractivity contribution >= 4 is 121 Å². The highest BCUT2D eigenvalue weighted by Gasteiger charge is 2.29. The molecule has 0 N–H and O–H groups in total. The minimum Gasteiger partial charge on any atom is -0.308 e. The van der Waals surface area contributed by atoms with Crippen molar-refractivity contribution in [2.75, 3.05) is 9.80 Å². The Labute approximate surface area is 356 Å². The Morgan fingerprint density at radius 3 is 1.21 bits per heavy atom. The Morgan fingerprint density at radius 2 is 0.661 bits per heavy atom. The van der Waals surface area contributed by atoms with Gasteiger partial charge in [0.15, 0.2) is 0 Å². The van der Waals surface area contributed by atoms with E-state index in [1.807, 2.05) is 0 Å². The van der Waals surface area contributed by atoms with Gasteiger partial charge in [0.2, 0.25) is 0 Å². The molecule has 0 radical (unpaired) electrons. The van der Waals surface area contributed by atoms with Crippen LogP contribution in [0.25, 0.3) is 87.0 Å². The van der Waals surface area contributed by atoms with Crippen LogP contribution in [0.2, 0.25) is 0 Å². The molecule has 4 heteroatoms. The first-order chi connectivity index (χ1) is 30.8. The third-order valence-electron chi connectivity index (χ3n) is 13.3. The molecule has 14 aromatic rings. The number of benzene rings is 10. The van der Waals surface area contributed by atoms with Gasteiger partial charge in [-0.25, -0.2) is 0 Å². The maximum Gasteiger partial charge on any atom is 0.0782 e. The molecule has 288 valence electrons. The fourth-order valence-corrected chi connectivity index (χ4v) is 10.9. The molecule has 0 amide bonds. The van der Waals surface area contributed by atoms with Crippen molar-refractivity contribution in [2.45, 2.75) is 0 Å². The summed E-state index contributed by atoms with van der Waals surface area (Å²) in [6, 6.07) is 79.8. The summed E-state index contributed by atoms with van der Waals surface area (Å²) in [5.41, 5.74) is 14.1. The van der Waals surface area contributed by atoms with Crippen molar-refractivity contribution in [3.63, 3.8) is 0 Å². The van der Waals surface area contributed by atoms with Crippen LogP contribution in [0.15, 0.2) is 218 Å². The van der Waals surface area contributed by atoms with E-state index in [9.17, 15) is 0 Å².